The number of aromatic nitrogens is 3. The lowest BCUT2D eigenvalue weighted by Gasteiger charge is -2.04. The maximum absolute atomic E-state index is 7.04. The standard InChI is InChI=1S/C16H12N4/c1-17-16-19-18-15(20(16)2)14-10-6-9-13(11-14)12-7-4-3-5-8-12/h3-11H,2H3. The molecule has 3 rings (SSSR count). The third-order valence-electron chi connectivity index (χ3n) is 3.18. The Labute approximate surface area is 117 Å². The van der Waals surface area contributed by atoms with Crippen molar-refractivity contribution in [3.05, 3.63) is 66.0 Å². The molecule has 4 nitrogen and oxygen atoms in total. The van der Waals surface area contributed by atoms with Crippen LogP contribution in [0.4, 0.5) is 5.95 Å². The van der Waals surface area contributed by atoms with Gasteiger partial charge in [0.15, 0.2) is 0 Å². The van der Waals surface area contributed by atoms with Crippen molar-refractivity contribution in [3.63, 3.8) is 0 Å². The van der Waals surface area contributed by atoms with Crippen molar-refractivity contribution in [2.24, 2.45) is 7.05 Å². The molecule has 0 N–H and O–H groups in total. The Balaban J connectivity index is 2.08. The first-order chi connectivity index (χ1) is 9.79. The van der Waals surface area contributed by atoms with Gasteiger partial charge < -0.3 is 4.85 Å². The van der Waals surface area contributed by atoms with E-state index in [9.17, 15) is 0 Å². The van der Waals surface area contributed by atoms with Crippen LogP contribution in [0, 0.1) is 6.57 Å². The largest absolute Gasteiger partial charge is 0.395 e. The molecule has 0 atom stereocenters. The minimum absolute atomic E-state index is 0.296. The Morgan fingerprint density at radius 3 is 2.30 bits per heavy atom. The van der Waals surface area contributed by atoms with Crippen LogP contribution in [0.15, 0.2) is 54.6 Å². The van der Waals surface area contributed by atoms with E-state index < -0.39 is 0 Å². The van der Waals surface area contributed by atoms with Gasteiger partial charge in [-0.3, -0.25) is 4.57 Å². The summed E-state index contributed by atoms with van der Waals surface area (Å²) in [6.45, 7) is 7.04. The van der Waals surface area contributed by atoms with Crippen molar-refractivity contribution < 1.29 is 0 Å². The second-order valence-corrected chi connectivity index (χ2v) is 4.44. The Hall–Kier alpha value is -2.93. The quantitative estimate of drug-likeness (QED) is 0.658. The van der Waals surface area contributed by atoms with Crippen molar-refractivity contribution in [2.45, 2.75) is 0 Å². The van der Waals surface area contributed by atoms with Gasteiger partial charge in [-0.15, -0.1) is 6.57 Å². The molecule has 0 amide bonds. The molecule has 20 heavy (non-hydrogen) atoms. The van der Waals surface area contributed by atoms with Crippen LogP contribution < -0.4 is 0 Å². The normalized spacial score (nSPS) is 10.2. The van der Waals surface area contributed by atoms with E-state index >= 15 is 0 Å². The zero-order valence-electron chi connectivity index (χ0n) is 11.0. The zero-order chi connectivity index (χ0) is 13.9. The smallest absolute Gasteiger partial charge is 0.362 e. The molecular formula is C16H12N4. The van der Waals surface area contributed by atoms with Crippen LogP contribution in [0.3, 0.4) is 0 Å². The molecule has 0 bridgehead atoms. The summed E-state index contributed by atoms with van der Waals surface area (Å²) in [6, 6.07) is 18.3. The Kier molecular flexibility index (Phi) is 3.02. The molecule has 0 radical (unpaired) electrons. The van der Waals surface area contributed by atoms with Crippen LogP contribution in [-0.2, 0) is 7.05 Å². The summed E-state index contributed by atoms with van der Waals surface area (Å²) in [6.07, 6.45) is 0. The predicted molar refractivity (Wildman–Crippen MR) is 78.1 cm³/mol. The van der Waals surface area contributed by atoms with Gasteiger partial charge in [0.2, 0.25) is 5.82 Å². The SMILES string of the molecule is [C-]#[N+]c1nnc(-c2cccc(-c3ccccc3)c2)n1C. The van der Waals surface area contributed by atoms with Crippen molar-refractivity contribution in [2.75, 3.05) is 0 Å². The number of benzene rings is 2. The number of rotatable bonds is 2. The van der Waals surface area contributed by atoms with Gasteiger partial charge in [-0.1, -0.05) is 47.6 Å². The third-order valence-corrected chi connectivity index (χ3v) is 3.18. The van der Waals surface area contributed by atoms with Gasteiger partial charge in [0.1, 0.15) is 0 Å². The molecule has 0 unspecified atom stereocenters. The minimum Gasteiger partial charge on any atom is -0.395 e. The van der Waals surface area contributed by atoms with Crippen molar-refractivity contribution in [1.29, 1.82) is 0 Å². The molecule has 0 fully saturated rings. The van der Waals surface area contributed by atoms with E-state index in [-0.39, 0.29) is 0 Å². The molecule has 0 aliphatic rings. The van der Waals surface area contributed by atoms with Crippen LogP contribution in [-0.4, -0.2) is 14.8 Å². The lowest BCUT2D eigenvalue weighted by Crippen LogP contribution is -1.92. The van der Waals surface area contributed by atoms with Gasteiger partial charge in [-0.25, -0.2) is 0 Å². The molecule has 96 valence electrons. The molecular weight excluding hydrogens is 248 g/mol. The van der Waals surface area contributed by atoms with Gasteiger partial charge in [-0.05, 0) is 28.4 Å². The second-order valence-electron chi connectivity index (χ2n) is 4.44. The van der Waals surface area contributed by atoms with E-state index in [1.807, 2.05) is 30.3 Å². The molecule has 0 aliphatic heterocycles. The fourth-order valence-corrected chi connectivity index (χ4v) is 2.14. The van der Waals surface area contributed by atoms with E-state index in [2.05, 4.69) is 39.3 Å². The molecule has 3 aromatic rings. The first kappa shape index (κ1) is 12.1. The van der Waals surface area contributed by atoms with Crippen LogP contribution in [0.5, 0.6) is 0 Å². The Morgan fingerprint density at radius 1 is 0.900 bits per heavy atom. The first-order valence-corrected chi connectivity index (χ1v) is 6.22. The van der Waals surface area contributed by atoms with Gasteiger partial charge in [0, 0.05) is 12.6 Å². The molecule has 0 saturated carbocycles. The average molecular weight is 260 g/mol. The molecule has 0 spiro atoms. The van der Waals surface area contributed by atoms with E-state index in [1.54, 1.807) is 11.6 Å². The summed E-state index contributed by atoms with van der Waals surface area (Å²) in [5.74, 6) is 0.999. The maximum Gasteiger partial charge on any atom is 0.362 e. The van der Waals surface area contributed by atoms with Crippen molar-refractivity contribution >= 4 is 5.95 Å². The average Bonchev–Trinajstić information content (AvgIpc) is 2.89. The van der Waals surface area contributed by atoms with Crippen LogP contribution in [0.25, 0.3) is 27.4 Å². The lowest BCUT2D eigenvalue weighted by molar-refractivity contribution is 0.940. The fraction of sp³-hybridized carbons (Fsp3) is 0.0625. The highest BCUT2D eigenvalue weighted by atomic mass is 15.3. The third kappa shape index (κ3) is 2.06. The fourth-order valence-electron chi connectivity index (χ4n) is 2.14. The van der Waals surface area contributed by atoms with Crippen LogP contribution in [0.2, 0.25) is 0 Å². The summed E-state index contributed by atoms with van der Waals surface area (Å²) in [7, 11) is 1.80. The van der Waals surface area contributed by atoms with Gasteiger partial charge in [0.25, 0.3) is 0 Å². The number of hydrogen-bond acceptors (Lipinski definition) is 2. The summed E-state index contributed by atoms with van der Waals surface area (Å²) in [5.41, 5.74) is 3.23. The van der Waals surface area contributed by atoms with E-state index in [1.165, 1.54) is 0 Å². The van der Waals surface area contributed by atoms with Crippen LogP contribution >= 0.6 is 0 Å². The molecule has 0 saturated heterocycles. The molecule has 2 aromatic carbocycles. The lowest BCUT2D eigenvalue weighted by atomic mass is 10.0. The summed E-state index contributed by atoms with van der Waals surface area (Å²) in [5, 5.41) is 7.96. The molecule has 1 heterocycles. The minimum atomic E-state index is 0.296. The summed E-state index contributed by atoms with van der Waals surface area (Å²) < 4.78 is 1.71. The van der Waals surface area contributed by atoms with E-state index in [4.69, 9.17) is 6.57 Å². The molecule has 1 aromatic heterocycles. The molecule has 4 heteroatoms. The number of nitrogens with zero attached hydrogens (tertiary/aromatic N) is 4. The van der Waals surface area contributed by atoms with Crippen LogP contribution in [0.1, 0.15) is 0 Å². The highest BCUT2D eigenvalue weighted by molar-refractivity contribution is 5.70. The Morgan fingerprint density at radius 2 is 1.60 bits per heavy atom. The predicted octanol–water partition coefficient (Wildman–Crippen LogP) is 3.70. The second kappa shape index (κ2) is 4.98. The number of hydrogen-bond donors (Lipinski definition) is 0. The van der Waals surface area contributed by atoms with E-state index in [0.717, 1.165) is 16.7 Å². The highest BCUT2D eigenvalue weighted by Gasteiger charge is 2.13. The van der Waals surface area contributed by atoms with Gasteiger partial charge >= 0.3 is 5.95 Å². The van der Waals surface area contributed by atoms with Gasteiger partial charge in [-0.2, -0.15) is 0 Å². The monoisotopic (exact) mass is 260 g/mol. The highest BCUT2D eigenvalue weighted by Crippen LogP contribution is 2.26. The summed E-state index contributed by atoms with van der Waals surface area (Å²) in [4.78, 5) is 3.34. The van der Waals surface area contributed by atoms with E-state index in [0.29, 0.717) is 11.8 Å². The molecule has 0 aliphatic carbocycles. The summed E-state index contributed by atoms with van der Waals surface area (Å²) >= 11 is 0. The van der Waals surface area contributed by atoms with Gasteiger partial charge in [0.05, 0.1) is 0 Å². The topological polar surface area (TPSA) is 35.1 Å². The van der Waals surface area contributed by atoms with Crippen molar-refractivity contribution in [3.8, 4) is 22.5 Å². The Bertz CT molecular complexity index is 782. The maximum atomic E-state index is 7.04. The first-order valence-electron chi connectivity index (χ1n) is 6.22. The zero-order valence-corrected chi connectivity index (χ0v) is 11.0. The van der Waals surface area contributed by atoms with Crippen molar-refractivity contribution in [1.82, 2.24) is 14.8 Å².